The number of hydrogen-bond acceptors (Lipinski definition) is 3. The molecule has 1 aliphatic carbocycles. The summed E-state index contributed by atoms with van der Waals surface area (Å²) in [6, 6.07) is 10.2. The maximum absolute atomic E-state index is 5.88. The average Bonchev–Trinajstić information content (AvgIpc) is 2.93. The second-order valence-corrected chi connectivity index (χ2v) is 6.25. The number of nitrogens with one attached hydrogen (secondary N) is 1. The zero-order valence-corrected chi connectivity index (χ0v) is 12.8. The lowest BCUT2D eigenvalue weighted by Crippen LogP contribution is -2.37. The van der Waals surface area contributed by atoms with Gasteiger partial charge in [0.15, 0.2) is 5.96 Å². The normalized spacial score (nSPS) is 15.7. The van der Waals surface area contributed by atoms with Crippen LogP contribution in [0.5, 0.6) is 0 Å². The summed E-state index contributed by atoms with van der Waals surface area (Å²) >= 11 is 1.64. The van der Waals surface area contributed by atoms with E-state index in [1.54, 1.807) is 11.3 Å². The molecule has 0 bridgehead atoms. The highest BCUT2D eigenvalue weighted by molar-refractivity contribution is 7.13. The van der Waals surface area contributed by atoms with E-state index < -0.39 is 0 Å². The van der Waals surface area contributed by atoms with Gasteiger partial charge in [-0.25, -0.2) is 9.98 Å². The monoisotopic (exact) mass is 300 g/mol. The third-order valence-electron chi connectivity index (χ3n) is 3.78. The summed E-state index contributed by atoms with van der Waals surface area (Å²) in [6.45, 7) is 1.48. The topological polar surface area (TPSA) is 63.3 Å². The summed E-state index contributed by atoms with van der Waals surface area (Å²) in [6.07, 6.45) is 3.98. The molecule has 4 nitrogen and oxygen atoms in total. The SMILES string of the molecule is NC(=NCc1csc(-c2ccccc2)n1)NCC1CCC1. The third kappa shape index (κ3) is 3.82. The van der Waals surface area contributed by atoms with Gasteiger partial charge in [-0.3, -0.25) is 0 Å². The number of thiazole rings is 1. The van der Waals surface area contributed by atoms with Crippen LogP contribution in [0.4, 0.5) is 0 Å². The first-order valence-electron chi connectivity index (χ1n) is 7.35. The van der Waals surface area contributed by atoms with Crippen molar-refractivity contribution in [1.29, 1.82) is 0 Å². The van der Waals surface area contributed by atoms with Crippen LogP contribution in [0.25, 0.3) is 10.6 Å². The number of aliphatic imine (C=N–C) groups is 1. The van der Waals surface area contributed by atoms with Crippen molar-refractivity contribution >= 4 is 17.3 Å². The highest BCUT2D eigenvalue weighted by atomic mass is 32.1. The van der Waals surface area contributed by atoms with Gasteiger partial charge in [-0.1, -0.05) is 36.8 Å². The molecule has 1 aromatic carbocycles. The zero-order valence-electron chi connectivity index (χ0n) is 12.0. The van der Waals surface area contributed by atoms with Gasteiger partial charge in [0.2, 0.25) is 0 Å². The molecule has 0 saturated heterocycles. The summed E-state index contributed by atoms with van der Waals surface area (Å²) < 4.78 is 0. The van der Waals surface area contributed by atoms with Gasteiger partial charge in [0.05, 0.1) is 12.2 Å². The number of guanidine groups is 1. The first-order chi connectivity index (χ1) is 10.3. The van der Waals surface area contributed by atoms with Crippen LogP contribution >= 0.6 is 11.3 Å². The number of hydrogen-bond donors (Lipinski definition) is 2. The van der Waals surface area contributed by atoms with Gasteiger partial charge in [0.25, 0.3) is 0 Å². The van der Waals surface area contributed by atoms with Crippen molar-refractivity contribution in [3.8, 4) is 10.6 Å². The Bertz CT molecular complexity index is 602. The van der Waals surface area contributed by atoms with Crippen LogP contribution in [-0.4, -0.2) is 17.5 Å². The lowest BCUT2D eigenvalue weighted by atomic mass is 9.85. The Morgan fingerprint density at radius 3 is 2.86 bits per heavy atom. The van der Waals surface area contributed by atoms with Crippen molar-refractivity contribution in [1.82, 2.24) is 10.3 Å². The molecule has 3 N–H and O–H groups in total. The molecule has 5 heteroatoms. The summed E-state index contributed by atoms with van der Waals surface area (Å²) in [4.78, 5) is 8.96. The van der Waals surface area contributed by atoms with Crippen LogP contribution in [0.2, 0.25) is 0 Å². The molecule has 0 atom stereocenters. The first-order valence-corrected chi connectivity index (χ1v) is 8.23. The minimum Gasteiger partial charge on any atom is -0.370 e. The molecule has 0 radical (unpaired) electrons. The first kappa shape index (κ1) is 14.1. The van der Waals surface area contributed by atoms with Crippen LogP contribution in [0.15, 0.2) is 40.7 Å². The van der Waals surface area contributed by atoms with E-state index in [-0.39, 0.29) is 0 Å². The number of benzene rings is 1. The van der Waals surface area contributed by atoms with Gasteiger partial charge in [-0.15, -0.1) is 11.3 Å². The Hall–Kier alpha value is -1.88. The van der Waals surface area contributed by atoms with E-state index in [0.29, 0.717) is 12.5 Å². The van der Waals surface area contributed by atoms with Crippen molar-refractivity contribution in [2.45, 2.75) is 25.8 Å². The molecule has 1 fully saturated rings. The van der Waals surface area contributed by atoms with E-state index in [9.17, 15) is 0 Å². The molecule has 0 amide bonds. The number of nitrogens with zero attached hydrogens (tertiary/aromatic N) is 2. The second kappa shape index (κ2) is 6.72. The van der Waals surface area contributed by atoms with Crippen molar-refractivity contribution in [2.24, 2.45) is 16.6 Å². The highest BCUT2D eigenvalue weighted by Gasteiger charge is 2.16. The molecule has 0 spiro atoms. The van der Waals surface area contributed by atoms with Gasteiger partial charge in [0.1, 0.15) is 5.01 Å². The van der Waals surface area contributed by atoms with Gasteiger partial charge in [-0.05, 0) is 18.8 Å². The molecule has 0 unspecified atom stereocenters. The predicted octanol–water partition coefficient (Wildman–Crippen LogP) is 3.01. The molecule has 1 aromatic heterocycles. The molecule has 110 valence electrons. The molecule has 2 aromatic rings. The standard InChI is InChI=1S/C16H20N4S/c17-16(18-9-12-5-4-6-12)19-10-14-11-21-15(20-14)13-7-2-1-3-8-13/h1-3,7-8,11-12H,4-6,9-10H2,(H3,17,18,19). The van der Waals surface area contributed by atoms with Crippen LogP contribution < -0.4 is 11.1 Å². The molecular formula is C16H20N4S. The Morgan fingerprint density at radius 2 is 2.14 bits per heavy atom. The summed E-state index contributed by atoms with van der Waals surface area (Å²) in [5.41, 5.74) is 7.99. The van der Waals surface area contributed by atoms with Gasteiger partial charge < -0.3 is 11.1 Å². The summed E-state index contributed by atoms with van der Waals surface area (Å²) in [5, 5.41) is 6.27. The zero-order chi connectivity index (χ0) is 14.5. The summed E-state index contributed by atoms with van der Waals surface area (Å²) in [5.74, 6) is 1.30. The molecule has 0 aliphatic heterocycles. The van der Waals surface area contributed by atoms with Gasteiger partial charge in [0, 0.05) is 17.5 Å². The Kier molecular flexibility index (Phi) is 4.50. The minimum atomic E-state index is 0.524. The Balaban J connectivity index is 1.54. The van der Waals surface area contributed by atoms with Crippen LogP contribution in [-0.2, 0) is 6.54 Å². The van der Waals surface area contributed by atoms with Crippen molar-refractivity contribution in [2.75, 3.05) is 6.54 Å². The fourth-order valence-electron chi connectivity index (χ4n) is 2.26. The lowest BCUT2D eigenvalue weighted by molar-refractivity contribution is 0.315. The van der Waals surface area contributed by atoms with E-state index in [1.165, 1.54) is 19.3 Å². The average molecular weight is 300 g/mol. The van der Waals surface area contributed by atoms with Crippen LogP contribution in [0.1, 0.15) is 25.0 Å². The number of rotatable bonds is 5. The van der Waals surface area contributed by atoms with E-state index in [0.717, 1.165) is 28.7 Å². The van der Waals surface area contributed by atoms with Crippen molar-refractivity contribution < 1.29 is 0 Å². The third-order valence-corrected chi connectivity index (χ3v) is 4.72. The molecule has 1 heterocycles. The minimum absolute atomic E-state index is 0.524. The predicted molar refractivity (Wildman–Crippen MR) is 88.2 cm³/mol. The fourth-order valence-corrected chi connectivity index (χ4v) is 3.08. The maximum Gasteiger partial charge on any atom is 0.188 e. The second-order valence-electron chi connectivity index (χ2n) is 5.39. The van der Waals surface area contributed by atoms with E-state index in [4.69, 9.17) is 5.73 Å². The maximum atomic E-state index is 5.88. The smallest absolute Gasteiger partial charge is 0.188 e. The number of nitrogens with two attached hydrogens (primary N) is 1. The molecule has 21 heavy (non-hydrogen) atoms. The molecule has 1 saturated carbocycles. The molecule has 1 aliphatic rings. The molecular weight excluding hydrogens is 280 g/mol. The summed E-state index contributed by atoms with van der Waals surface area (Å²) in [7, 11) is 0. The van der Waals surface area contributed by atoms with Gasteiger partial charge >= 0.3 is 0 Å². The fraction of sp³-hybridized carbons (Fsp3) is 0.375. The highest BCUT2D eigenvalue weighted by Crippen LogP contribution is 2.25. The molecule has 3 rings (SSSR count). The van der Waals surface area contributed by atoms with Crippen LogP contribution in [0, 0.1) is 5.92 Å². The Morgan fingerprint density at radius 1 is 1.33 bits per heavy atom. The van der Waals surface area contributed by atoms with Crippen LogP contribution in [0.3, 0.4) is 0 Å². The largest absolute Gasteiger partial charge is 0.370 e. The van der Waals surface area contributed by atoms with E-state index in [2.05, 4.69) is 27.4 Å². The Labute approximate surface area is 129 Å². The van der Waals surface area contributed by atoms with Crippen molar-refractivity contribution in [3.05, 3.63) is 41.4 Å². The number of aromatic nitrogens is 1. The van der Waals surface area contributed by atoms with Crippen molar-refractivity contribution in [3.63, 3.8) is 0 Å². The lowest BCUT2D eigenvalue weighted by Gasteiger charge is -2.25. The quantitative estimate of drug-likeness (QED) is 0.659. The van der Waals surface area contributed by atoms with E-state index >= 15 is 0 Å². The van der Waals surface area contributed by atoms with E-state index in [1.807, 2.05) is 23.6 Å². The van der Waals surface area contributed by atoms with Gasteiger partial charge in [-0.2, -0.15) is 0 Å².